The fraction of sp³-hybridized carbons (Fsp3) is 0.400. The molecule has 5 heteroatoms. The fourth-order valence-corrected chi connectivity index (χ4v) is 3.40. The molecule has 0 spiro atoms. The Bertz CT molecular complexity index is 751. The van der Waals surface area contributed by atoms with Gasteiger partial charge in [-0.2, -0.15) is 0 Å². The van der Waals surface area contributed by atoms with Crippen LogP contribution in [0.15, 0.2) is 42.5 Å². The first-order valence-corrected chi connectivity index (χ1v) is 8.94. The third-order valence-electron chi connectivity index (χ3n) is 4.76. The number of carbonyl (C=O) groups is 2. The molecule has 0 aromatic heterocycles. The van der Waals surface area contributed by atoms with Gasteiger partial charge in [0.05, 0.1) is 25.6 Å². The smallest absolute Gasteiger partial charge is 0.309 e. The minimum atomic E-state index is -0.0952. The fourth-order valence-electron chi connectivity index (χ4n) is 3.40. The number of anilines is 1. The first-order valence-electron chi connectivity index (χ1n) is 8.94. The zero-order chi connectivity index (χ0) is 17.6. The average molecular weight is 341 g/mol. The van der Waals surface area contributed by atoms with Crippen molar-refractivity contribution >= 4 is 28.3 Å². The topological polar surface area (TPSA) is 59.8 Å². The van der Waals surface area contributed by atoms with Crippen molar-refractivity contribution in [2.45, 2.75) is 19.8 Å². The predicted octanol–water partition coefficient (Wildman–Crippen LogP) is 1.64. The standard InChI is InChI=1S/C20H24N2O3/c1-2-25-20(24)16-9-11-22(12-10-16)14-19(23)21-18-8-7-15-5-3-4-6-17(15)13-18/h3-8,13,16H,2,9-12,14H2,1H3,(H,21,23)/p+1. The Kier molecular flexibility index (Phi) is 5.66. The van der Waals surface area contributed by atoms with E-state index in [0.717, 1.165) is 42.4 Å². The van der Waals surface area contributed by atoms with Crippen LogP contribution in [0.4, 0.5) is 5.69 Å². The Hall–Kier alpha value is -2.40. The van der Waals surface area contributed by atoms with E-state index in [-0.39, 0.29) is 17.8 Å². The van der Waals surface area contributed by atoms with Gasteiger partial charge >= 0.3 is 5.97 Å². The molecule has 2 aromatic carbocycles. The second kappa shape index (κ2) is 8.12. The minimum Gasteiger partial charge on any atom is -0.466 e. The van der Waals surface area contributed by atoms with Gasteiger partial charge in [-0.1, -0.05) is 30.3 Å². The third kappa shape index (κ3) is 4.57. The molecule has 25 heavy (non-hydrogen) atoms. The maximum atomic E-state index is 12.3. The summed E-state index contributed by atoms with van der Waals surface area (Å²) >= 11 is 0. The van der Waals surface area contributed by atoms with Gasteiger partial charge in [0.15, 0.2) is 6.54 Å². The molecule has 0 saturated carbocycles. The lowest BCUT2D eigenvalue weighted by molar-refractivity contribution is -0.897. The Morgan fingerprint density at radius 2 is 1.84 bits per heavy atom. The van der Waals surface area contributed by atoms with E-state index in [1.807, 2.05) is 43.3 Å². The lowest BCUT2D eigenvalue weighted by Crippen LogP contribution is -3.14. The SMILES string of the molecule is CCOC(=O)C1CC[NH+](CC(=O)Nc2ccc3ccccc3c2)CC1. The van der Waals surface area contributed by atoms with Crippen molar-refractivity contribution < 1.29 is 19.2 Å². The first kappa shape index (κ1) is 17.4. The van der Waals surface area contributed by atoms with E-state index in [9.17, 15) is 9.59 Å². The summed E-state index contributed by atoms with van der Waals surface area (Å²) in [7, 11) is 0. The summed E-state index contributed by atoms with van der Waals surface area (Å²) in [6.07, 6.45) is 1.58. The molecule has 1 aliphatic rings. The number of amides is 1. The lowest BCUT2D eigenvalue weighted by Gasteiger charge is -2.27. The number of nitrogens with one attached hydrogen (secondary N) is 2. The molecule has 0 unspecified atom stereocenters. The number of hydrogen-bond acceptors (Lipinski definition) is 3. The van der Waals surface area contributed by atoms with E-state index in [0.29, 0.717) is 13.2 Å². The van der Waals surface area contributed by atoms with Gasteiger partial charge in [0.1, 0.15) is 0 Å². The van der Waals surface area contributed by atoms with Gasteiger partial charge < -0.3 is 15.0 Å². The highest BCUT2D eigenvalue weighted by atomic mass is 16.5. The summed E-state index contributed by atoms with van der Waals surface area (Å²) in [4.78, 5) is 25.3. The summed E-state index contributed by atoms with van der Waals surface area (Å²) in [5.41, 5.74) is 0.824. The minimum absolute atomic E-state index is 0.00718. The van der Waals surface area contributed by atoms with E-state index in [1.165, 1.54) is 4.90 Å². The molecule has 0 radical (unpaired) electrons. The second-order valence-electron chi connectivity index (χ2n) is 6.56. The van der Waals surface area contributed by atoms with Crippen LogP contribution in [-0.2, 0) is 14.3 Å². The highest BCUT2D eigenvalue weighted by Crippen LogP contribution is 2.18. The maximum Gasteiger partial charge on any atom is 0.309 e. The van der Waals surface area contributed by atoms with Gasteiger partial charge in [0.25, 0.3) is 5.91 Å². The summed E-state index contributed by atoms with van der Waals surface area (Å²) in [5.74, 6) is -0.0886. The Balaban J connectivity index is 1.50. The van der Waals surface area contributed by atoms with Gasteiger partial charge in [-0.15, -0.1) is 0 Å². The Morgan fingerprint density at radius 3 is 2.56 bits per heavy atom. The van der Waals surface area contributed by atoms with Crippen LogP contribution in [-0.4, -0.2) is 38.1 Å². The van der Waals surface area contributed by atoms with E-state index >= 15 is 0 Å². The van der Waals surface area contributed by atoms with Crippen LogP contribution in [0, 0.1) is 5.92 Å². The molecule has 0 atom stereocenters. The van der Waals surface area contributed by atoms with Crippen LogP contribution in [0.25, 0.3) is 10.8 Å². The number of rotatable bonds is 5. The summed E-state index contributed by atoms with van der Waals surface area (Å²) in [5, 5.41) is 5.26. The van der Waals surface area contributed by atoms with Crippen LogP contribution in [0.1, 0.15) is 19.8 Å². The molecule has 0 bridgehead atoms. The van der Waals surface area contributed by atoms with E-state index < -0.39 is 0 Å². The quantitative estimate of drug-likeness (QED) is 0.813. The van der Waals surface area contributed by atoms with Crippen molar-refractivity contribution in [2.75, 3.05) is 31.6 Å². The van der Waals surface area contributed by atoms with Gasteiger partial charge in [0.2, 0.25) is 0 Å². The molecule has 0 aliphatic carbocycles. The summed E-state index contributed by atoms with van der Waals surface area (Å²) < 4.78 is 5.08. The highest BCUT2D eigenvalue weighted by molar-refractivity contribution is 5.94. The van der Waals surface area contributed by atoms with Crippen LogP contribution in [0.2, 0.25) is 0 Å². The molecule has 1 aliphatic heterocycles. The molecule has 132 valence electrons. The molecule has 2 aromatic rings. The van der Waals surface area contributed by atoms with Crippen molar-refractivity contribution in [1.29, 1.82) is 0 Å². The molecule has 5 nitrogen and oxygen atoms in total. The number of ether oxygens (including phenoxy) is 1. The number of carbonyl (C=O) groups excluding carboxylic acids is 2. The monoisotopic (exact) mass is 341 g/mol. The summed E-state index contributed by atoms with van der Waals surface area (Å²) in [6, 6.07) is 14.0. The largest absolute Gasteiger partial charge is 0.466 e. The van der Waals surface area contributed by atoms with Crippen molar-refractivity contribution in [1.82, 2.24) is 0 Å². The zero-order valence-electron chi connectivity index (χ0n) is 14.6. The Labute approximate surface area is 148 Å². The van der Waals surface area contributed by atoms with Gasteiger partial charge in [-0.3, -0.25) is 9.59 Å². The van der Waals surface area contributed by atoms with Crippen molar-refractivity contribution in [3.05, 3.63) is 42.5 Å². The van der Waals surface area contributed by atoms with Gasteiger partial charge in [-0.05, 0) is 29.8 Å². The van der Waals surface area contributed by atoms with E-state index in [4.69, 9.17) is 4.74 Å². The number of quaternary nitrogens is 1. The zero-order valence-corrected chi connectivity index (χ0v) is 14.6. The Morgan fingerprint density at radius 1 is 1.12 bits per heavy atom. The van der Waals surface area contributed by atoms with Crippen molar-refractivity contribution in [3.8, 4) is 0 Å². The maximum absolute atomic E-state index is 12.3. The van der Waals surface area contributed by atoms with Crippen LogP contribution in [0.5, 0.6) is 0 Å². The number of likely N-dealkylation sites (tertiary alicyclic amines) is 1. The number of hydrogen-bond donors (Lipinski definition) is 2. The van der Waals surface area contributed by atoms with Gasteiger partial charge in [0, 0.05) is 18.5 Å². The van der Waals surface area contributed by atoms with Crippen molar-refractivity contribution in [3.63, 3.8) is 0 Å². The molecule has 1 saturated heterocycles. The molecule has 3 rings (SSSR count). The number of esters is 1. The number of benzene rings is 2. The molecule has 1 amide bonds. The van der Waals surface area contributed by atoms with Crippen LogP contribution < -0.4 is 10.2 Å². The van der Waals surface area contributed by atoms with E-state index in [1.54, 1.807) is 0 Å². The average Bonchev–Trinajstić information content (AvgIpc) is 2.62. The normalized spacial score (nSPS) is 20.2. The summed E-state index contributed by atoms with van der Waals surface area (Å²) in [6.45, 7) is 4.35. The molecule has 1 fully saturated rings. The highest BCUT2D eigenvalue weighted by Gasteiger charge is 2.29. The molecular weight excluding hydrogens is 316 g/mol. The first-order chi connectivity index (χ1) is 12.2. The second-order valence-corrected chi connectivity index (χ2v) is 6.56. The molecule has 1 heterocycles. The van der Waals surface area contributed by atoms with E-state index in [2.05, 4.69) is 11.4 Å². The predicted molar refractivity (Wildman–Crippen MR) is 97.5 cm³/mol. The molecular formula is C20H25N2O3+. The van der Waals surface area contributed by atoms with Gasteiger partial charge in [-0.25, -0.2) is 0 Å². The number of piperidine rings is 1. The van der Waals surface area contributed by atoms with Crippen LogP contribution in [0.3, 0.4) is 0 Å². The lowest BCUT2D eigenvalue weighted by atomic mass is 9.97. The van der Waals surface area contributed by atoms with Crippen LogP contribution >= 0.6 is 0 Å². The van der Waals surface area contributed by atoms with Crippen molar-refractivity contribution in [2.24, 2.45) is 5.92 Å². The third-order valence-corrected chi connectivity index (χ3v) is 4.76. The number of fused-ring (bicyclic) bond motifs is 1. The molecule has 2 N–H and O–H groups in total.